The van der Waals surface area contributed by atoms with Gasteiger partial charge in [-0.1, -0.05) is 62.8 Å². The van der Waals surface area contributed by atoms with Crippen LogP contribution in [0.4, 0.5) is 8.78 Å². The Hall–Kier alpha value is -2.03. The van der Waals surface area contributed by atoms with Crippen molar-refractivity contribution in [2.75, 3.05) is 0 Å². The molecule has 32 heavy (non-hydrogen) atoms. The quantitative estimate of drug-likeness (QED) is 0.405. The summed E-state index contributed by atoms with van der Waals surface area (Å²) in [6, 6.07) is 13.7. The zero-order chi connectivity index (χ0) is 22.3. The van der Waals surface area contributed by atoms with Gasteiger partial charge in [-0.05, 0) is 84.7 Å². The van der Waals surface area contributed by atoms with E-state index in [1.54, 1.807) is 24.3 Å². The molecule has 2 fully saturated rings. The highest BCUT2D eigenvalue weighted by Gasteiger charge is 2.31. The summed E-state index contributed by atoms with van der Waals surface area (Å²) in [7, 11) is 0. The third-order valence-corrected chi connectivity index (χ3v) is 7.89. The number of rotatable bonds is 8. The predicted molar refractivity (Wildman–Crippen MR) is 126 cm³/mol. The van der Waals surface area contributed by atoms with Crippen LogP contribution in [0.15, 0.2) is 48.5 Å². The second-order valence-electron chi connectivity index (χ2n) is 10.1. The zero-order valence-corrected chi connectivity index (χ0v) is 19.1. The van der Waals surface area contributed by atoms with Crippen LogP contribution in [0.3, 0.4) is 0 Å². The lowest BCUT2D eigenvalue weighted by Crippen LogP contribution is -2.23. The summed E-state index contributed by atoms with van der Waals surface area (Å²) in [5, 5.41) is 0. The monoisotopic (exact) mass is 438 g/mol. The molecule has 2 aliphatic carbocycles. The molecular formula is C29H36F2O. The SMILES string of the molecule is O=C(C[C@H](c1cccc(F)c1)C1CCCCC1)C[C@@H](c1cccc(F)c1)C1CCCCC1. The zero-order valence-electron chi connectivity index (χ0n) is 19.1. The smallest absolute Gasteiger partial charge is 0.134 e. The minimum atomic E-state index is -0.226. The first-order chi connectivity index (χ1) is 15.6. The van der Waals surface area contributed by atoms with Crippen LogP contribution in [0.2, 0.25) is 0 Å². The average Bonchev–Trinajstić information content (AvgIpc) is 2.82. The molecule has 0 unspecified atom stereocenters. The van der Waals surface area contributed by atoms with Gasteiger partial charge in [0.25, 0.3) is 0 Å². The molecule has 0 heterocycles. The van der Waals surface area contributed by atoms with Crippen LogP contribution in [0.5, 0.6) is 0 Å². The van der Waals surface area contributed by atoms with Crippen LogP contribution in [0.1, 0.15) is 100 Å². The fraction of sp³-hybridized carbons (Fsp3) is 0.552. The molecule has 1 nitrogen and oxygen atoms in total. The molecule has 2 atom stereocenters. The molecule has 0 spiro atoms. The van der Waals surface area contributed by atoms with Gasteiger partial charge in [0.15, 0.2) is 0 Å². The summed E-state index contributed by atoms with van der Waals surface area (Å²) >= 11 is 0. The largest absolute Gasteiger partial charge is 0.300 e. The van der Waals surface area contributed by atoms with Gasteiger partial charge in [0.1, 0.15) is 17.4 Å². The van der Waals surface area contributed by atoms with E-state index in [9.17, 15) is 13.6 Å². The van der Waals surface area contributed by atoms with Crippen molar-refractivity contribution in [3.05, 3.63) is 71.3 Å². The minimum Gasteiger partial charge on any atom is -0.300 e. The van der Waals surface area contributed by atoms with Crippen molar-refractivity contribution in [1.82, 2.24) is 0 Å². The molecule has 2 saturated carbocycles. The van der Waals surface area contributed by atoms with Crippen LogP contribution in [-0.2, 0) is 4.79 Å². The molecule has 2 aliphatic rings. The van der Waals surface area contributed by atoms with Gasteiger partial charge in [0, 0.05) is 12.8 Å². The molecule has 2 aromatic carbocycles. The highest BCUT2D eigenvalue weighted by Crippen LogP contribution is 2.42. The van der Waals surface area contributed by atoms with Crippen LogP contribution in [0, 0.1) is 23.5 Å². The molecule has 0 bridgehead atoms. The van der Waals surface area contributed by atoms with Crippen molar-refractivity contribution in [1.29, 1.82) is 0 Å². The third-order valence-electron chi connectivity index (χ3n) is 7.89. The lowest BCUT2D eigenvalue weighted by molar-refractivity contribution is -0.120. The normalized spacial score (nSPS) is 20.1. The third kappa shape index (κ3) is 6.05. The van der Waals surface area contributed by atoms with Crippen molar-refractivity contribution < 1.29 is 13.6 Å². The van der Waals surface area contributed by atoms with Gasteiger partial charge in [0.05, 0.1) is 0 Å². The molecule has 0 aliphatic heterocycles. The first-order valence-electron chi connectivity index (χ1n) is 12.6. The summed E-state index contributed by atoms with van der Waals surface area (Å²) in [6.07, 6.45) is 12.7. The standard InChI is InChI=1S/C29H36F2O/c30-25-15-7-13-23(17-25)28(21-9-3-1-4-10-21)19-27(32)20-29(22-11-5-2-6-12-22)24-14-8-16-26(31)18-24/h7-8,13-18,21-22,28-29H,1-6,9-12,19-20H2/t28-,29+. The van der Waals surface area contributed by atoms with Crippen LogP contribution >= 0.6 is 0 Å². The van der Waals surface area contributed by atoms with E-state index in [-0.39, 0.29) is 29.3 Å². The Morgan fingerprint density at radius 2 is 1.09 bits per heavy atom. The van der Waals surface area contributed by atoms with E-state index in [2.05, 4.69) is 0 Å². The van der Waals surface area contributed by atoms with Crippen LogP contribution < -0.4 is 0 Å². The maximum Gasteiger partial charge on any atom is 0.134 e. The minimum absolute atomic E-state index is 0.0815. The van der Waals surface area contributed by atoms with Gasteiger partial charge in [-0.2, -0.15) is 0 Å². The van der Waals surface area contributed by atoms with Gasteiger partial charge < -0.3 is 0 Å². The van der Waals surface area contributed by atoms with E-state index in [0.717, 1.165) is 36.8 Å². The lowest BCUT2D eigenvalue weighted by atomic mass is 9.71. The molecule has 3 heteroatoms. The number of hydrogen-bond donors (Lipinski definition) is 0. The first kappa shape index (κ1) is 23.1. The molecular weight excluding hydrogens is 402 g/mol. The lowest BCUT2D eigenvalue weighted by Gasteiger charge is -2.33. The Balaban J connectivity index is 1.54. The number of carbonyl (C=O) groups is 1. The molecule has 4 rings (SSSR count). The van der Waals surface area contributed by atoms with E-state index in [1.165, 1.54) is 50.7 Å². The van der Waals surface area contributed by atoms with Crippen molar-refractivity contribution in [3.63, 3.8) is 0 Å². The topological polar surface area (TPSA) is 17.1 Å². The Morgan fingerprint density at radius 1 is 0.688 bits per heavy atom. The maximum atomic E-state index is 14.0. The molecule has 0 N–H and O–H groups in total. The van der Waals surface area contributed by atoms with E-state index in [0.29, 0.717) is 24.7 Å². The number of hydrogen-bond acceptors (Lipinski definition) is 1. The summed E-state index contributed by atoms with van der Waals surface area (Å²) in [4.78, 5) is 13.5. The summed E-state index contributed by atoms with van der Waals surface area (Å²) < 4.78 is 28.0. The van der Waals surface area contributed by atoms with Gasteiger partial charge in [-0.3, -0.25) is 4.79 Å². The second-order valence-corrected chi connectivity index (χ2v) is 10.1. The number of carbonyl (C=O) groups excluding carboxylic acids is 1. The summed E-state index contributed by atoms with van der Waals surface area (Å²) in [5.41, 5.74) is 1.93. The summed E-state index contributed by atoms with van der Waals surface area (Å²) in [6.45, 7) is 0. The van der Waals surface area contributed by atoms with Gasteiger partial charge >= 0.3 is 0 Å². The number of halogens is 2. The van der Waals surface area contributed by atoms with Crippen molar-refractivity contribution in [3.8, 4) is 0 Å². The van der Waals surface area contributed by atoms with Crippen molar-refractivity contribution >= 4 is 5.78 Å². The Morgan fingerprint density at radius 3 is 1.47 bits per heavy atom. The Kier molecular flexibility index (Phi) is 8.10. The number of ketones is 1. The van der Waals surface area contributed by atoms with Gasteiger partial charge in [-0.25, -0.2) is 8.78 Å². The fourth-order valence-electron chi connectivity index (χ4n) is 6.23. The molecule has 172 valence electrons. The highest BCUT2D eigenvalue weighted by atomic mass is 19.1. The number of Topliss-reactive ketones (excluding diaryl/α,β-unsaturated/α-hetero) is 1. The first-order valence-corrected chi connectivity index (χ1v) is 12.6. The van der Waals surface area contributed by atoms with E-state index < -0.39 is 0 Å². The van der Waals surface area contributed by atoms with Gasteiger partial charge in [0.2, 0.25) is 0 Å². The highest BCUT2D eigenvalue weighted by molar-refractivity contribution is 5.80. The molecule has 0 amide bonds. The van der Waals surface area contributed by atoms with E-state index in [4.69, 9.17) is 0 Å². The Bertz CT molecular complexity index is 809. The second kappa shape index (κ2) is 11.2. The van der Waals surface area contributed by atoms with Gasteiger partial charge in [-0.15, -0.1) is 0 Å². The molecule has 0 saturated heterocycles. The van der Waals surface area contributed by atoms with Crippen LogP contribution in [-0.4, -0.2) is 5.78 Å². The average molecular weight is 439 g/mol. The predicted octanol–water partition coefficient (Wildman–Crippen LogP) is 8.34. The van der Waals surface area contributed by atoms with Crippen LogP contribution in [0.25, 0.3) is 0 Å². The molecule has 2 aromatic rings. The van der Waals surface area contributed by atoms with E-state index in [1.807, 2.05) is 12.1 Å². The molecule has 0 radical (unpaired) electrons. The summed E-state index contributed by atoms with van der Waals surface area (Å²) in [5.74, 6) is 0.834. The Labute approximate surface area is 191 Å². The maximum absolute atomic E-state index is 14.0. The van der Waals surface area contributed by atoms with Crippen molar-refractivity contribution in [2.45, 2.75) is 88.9 Å². The number of benzene rings is 2. The van der Waals surface area contributed by atoms with Crippen molar-refractivity contribution in [2.24, 2.45) is 11.8 Å². The molecule has 0 aromatic heterocycles. The van der Waals surface area contributed by atoms with E-state index >= 15 is 0 Å². The fourth-order valence-corrected chi connectivity index (χ4v) is 6.23.